The Morgan fingerprint density at radius 2 is 1.88 bits per heavy atom. The molecule has 2 saturated carbocycles. The van der Waals surface area contributed by atoms with Gasteiger partial charge < -0.3 is 15.0 Å². The molecule has 7 rings (SSSR count). The molecule has 6 nitrogen and oxygen atoms in total. The lowest BCUT2D eigenvalue weighted by atomic mass is 10.1. The molecule has 1 unspecified atom stereocenters. The molecule has 2 bridgehead atoms. The van der Waals surface area contributed by atoms with Gasteiger partial charge in [0.25, 0.3) is 0 Å². The number of fused-ring (bicyclic) bond motifs is 1. The van der Waals surface area contributed by atoms with Crippen molar-refractivity contribution < 1.29 is 31.1 Å². The first-order chi connectivity index (χ1) is 15.5. The van der Waals surface area contributed by atoms with E-state index in [0.29, 0.717) is 19.3 Å². The van der Waals surface area contributed by atoms with Crippen molar-refractivity contribution in [3.05, 3.63) is 29.8 Å². The summed E-state index contributed by atoms with van der Waals surface area (Å²) in [5.41, 5.74) is 3.83. The number of anilines is 1. The van der Waals surface area contributed by atoms with Gasteiger partial charge in [0, 0.05) is 61.6 Å². The zero-order valence-corrected chi connectivity index (χ0v) is 17.3. The van der Waals surface area contributed by atoms with Gasteiger partial charge in [0.1, 0.15) is 18.1 Å². The zero-order chi connectivity index (χ0) is 23.3. The largest absolute Gasteiger partial charge is 0.419 e. The quantitative estimate of drug-likeness (QED) is 0.689. The lowest BCUT2D eigenvalue weighted by Crippen LogP contribution is -2.39. The second-order valence-electron chi connectivity index (χ2n) is 9.36. The van der Waals surface area contributed by atoms with Gasteiger partial charge in [-0.15, -0.1) is 0 Å². The van der Waals surface area contributed by atoms with E-state index in [-0.39, 0.29) is 35.0 Å². The van der Waals surface area contributed by atoms with Crippen molar-refractivity contribution >= 4 is 5.82 Å². The molecule has 178 valence electrons. The molecule has 3 saturated heterocycles. The minimum Gasteiger partial charge on any atom is -0.383 e. The van der Waals surface area contributed by atoms with Crippen molar-refractivity contribution in [3.8, 4) is 11.3 Å². The predicted molar refractivity (Wildman–Crippen MR) is 104 cm³/mol. The summed E-state index contributed by atoms with van der Waals surface area (Å²) < 4.78 is 86.9. The van der Waals surface area contributed by atoms with E-state index in [1.165, 1.54) is 6.20 Å². The number of nitrogens with zero attached hydrogens (tertiary/aromatic N) is 4. The van der Waals surface area contributed by atoms with E-state index in [9.17, 15) is 26.3 Å². The first kappa shape index (κ1) is 21.2. The van der Waals surface area contributed by atoms with E-state index in [1.807, 2.05) is 0 Å². The number of halogens is 6. The second kappa shape index (κ2) is 6.62. The van der Waals surface area contributed by atoms with E-state index in [2.05, 4.69) is 14.9 Å². The van der Waals surface area contributed by atoms with Crippen LogP contribution in [0.15, 0.2) is 18.5 Å². The third kappa shape index (κ3) is 3.09. The summed E-state index contributed by atoms with van der Waals surface area (Å²) in [5.74, 6) is -0.347. The molecule has 0 aromatic carbocycles. The van der Waals surface area contributed by atoms with Crippen LogP contribution in [0.2, 0.25) is 0 Å². The number of ether oxygens (including phenoxy) is 1. The minimum absolute atomic E-state index is 0.0124. The van der Waals surface area contributed by atoms with Crippen molar-refractivity contribution in [1.82, 2.24) is 19.4 Å². The Balaban J connectivity index is 1.36. The van der Waals surface area contributed by atoms with Crippen LogP contribution in [-0.4, -0.2) is 57.5 Å². The average molecular weight is 473 g/mol. The highest BCUT2D eigenvalue weighted by atomic mass is 19.4. The number of imidazole rings is 1. The number of nitrogens with two attached hydrogens (primary N) is 1. The highest BCUT2D eigenvalue weighted by Crippen LogP contribution is 2.84. The van der Waals surface area contributed by atoms with Gasteiger partial charge in [-0.25, -0.2) is 9.97 Å². The molecule has 0 radical (unpaired) electrons. The average Bonchev–Trinajstić information content (AvgIpc) is 3.30. The van der Waals surface area contributed by atoms with E-state index in [4.69, 9.17) is 10.5 Å². The standard InChI is InChI=1S/C21H21F6N5O/c22-19(23,24)6-15-30-14(10-5-12(21(25,26)27)18(28)29-7-10)9-32(15)20-13-8-31(17(20)16(13)20)11-1-3-33-4-2-11/h5,7,9,11,13,16-17H,1-4,6,8H2,(H2,28,29)/t13-,16-,17?,20-/m1/s1. The molecule has 3 aliphatic heterocycles. The maximum absolute atomic E-state index is 13.4. The molecule has 0 spiro atoms. The smallest absolute Gasteiger partial charge is 0.383 e. The van der Waals surface area contributed by atoms with Crippen molar-refractivity contribution in [2.24, 2.45) is 11.8 Å². The molecule has 2 aliphatic carbocycles. The monoisotopic (exact) mass is 473 g/mol. The summed E-state index contributed by atoms with van der Waals surface area (Å²) in [4.78, 5) is 10.1. The molecular weight excluding hydrogens is 452 g/mol. The van der Waals surface area contributed by atoms with Crippen LogP contribution in [0, 0.1) is 11.8 Å². The molecule has 5 aliphatic rings. The Kier molecular flexibility index (Phi) is 4.26. The lowest BCUT2D eigenvalue weighted by Gasteiger charge is -2.31. The number of piperidine rings is 1. The van der Waals surface area contributed by atoms with Crippen molar-refractivity contribution in [3.63, 3.8) is 0 Å². The Hall–Kier alpha value is -2.34. The normalized spacial score (nSPS) is 31.6. The molecule has 2 aromatic rings. The third-order valence-electron chi connectivity index (χ3n) is 7.66. The summed E-state index contributed by atoms with van der Waals surface area (Å²) in [6, 6.07) is 1.30. The maximum Gasteiger partial charge on any atom is 0.419 e. The number of aromatic nitrogens is 3. The lowest BCUT2D eigenvalue weighted by molar-refractivity contribution is -0.137. The SMILES string of the molecule is Nc1ncc(-c2cn([C@@]34C5[C@H]3[C@H]4CN5C3CCOCC3)c(CC(F)(F)F)n2)cc1C(F)(F)F. The predicted octanol–water partition coefficient (Wildman–Crippen LogP) is 3.47. The Morgan fingerprint density at radius 1 is 1.15 bits per heavy atom. The van der Waals surface area contributed by atoms with E-state index >= 15 is 0 Å². The fraction of sp³-hybridized carbons (Fsp3) is 0.619. The van der Waals surface area contributed by atoms with Crippen molar-refractivity contribution in [1.29, 1.82) is 0 Å². The molecule has 33 heavy (non-hydrogen) atoms. The van der Waals surface area contributed by atoms with Crippen LogP contribution in [0.4, 0.5) is 32.2 Å². The van der Waals surface area contributed by atoms with E-state index < -0.39 is 35.7 Å². The highest BCUT2D eigenvalue weighted by Gasteiger charge is 2.94. The van der Waals surface area contributed by atoms with Crippen LogP contribution < -0.4 is 5.73 Å². The molecule has 2 aromatic heterocycles. The first-order valence-electron chi connectivity index (χ1n) is 10.8. The van der Waals surface area contributed by atoms with Crippen molar-refractivity contribution in [2.45, 2.75) is 49.2 Å². The zero-order valence-electron chi connectivity index (χ0n) is 17.3. The van der Waals surface area contributed by atoms with Gasteiger partial charge in [-0.3, -0.25) is 4.90 Å². The van der Waals surface area contributed by atoms with Crippen LogP contribution in [0.25, 0.3) is 11.3 Å². The van der Waals surface area contributed by atoms with Crippen LogP contribution in [0.5, 0.6) is 0 Å². The first-order valence-corrected chi connectivity index (χ1v) is 10.8. The van der Waals surface area contributed by atoms with Gasteiger partial charge in [0.05, 0.1) is 16.8 Å². The Bertz CT molecular complexity index is 1100. The van der Waals surface area contributed by atoms with E-state index in [1.54, 1.807) is 4.57 Å². The Morgan fingerprint density at radius 3 is 2.52 bits per heavy atom. The molecule has 4 atom stereocenters. The van der Waals surface area contributed by atoms with Crippen LogP contribution in [-0.2, 0) is 22.9 Å². The second-order valence-corrected chi connectivity index (χ2v) is 9.36. The van der Waals surface area contributed by atoms with Gasteiger partial charge in [0.15, 0.2) is 0 Å². The summed E-state index contributed by atoms with van der Waals surface area (Å²) in [6.45, 7) is 2.17. The van der Waals surface area contributed by atoms with Gasteiger partial charge >= 0.3 is 12.4 Å². The molecule has 12 heteroatoms. The van der Waals surface area contributed by atoms with Crippen LogP contribution in [0.3, 0.4) is 0 Å². The summed E-state index contributed by atoms with van der Waals surface area (Å²) in [5, 5.41) is 0. The third-order valence-corrected chi connectivity index (χ3v) is 7.66. The highest BCUT2D eigenvalue weighted by molar-refractivity contribution is 5.63. The summed E-state index contributed by atoms with van der Waals surface area (Å²) in [7, 11) is 0. The topological polar surface area (TPSA) is 69.2 Å². The number of nitrogen functional groups attached to an aromatic ring is 1. The van der Waals surface area contributed by atoms with E-state index in [0.717, 1.165) is 31.6 Å². The van der Waals surface area contributed by atoms with Crippen LogP contribution in [0.1, 0.15) is 24.2 Å². The molecule has 2 N–H and O–H groups in total. The number of alkyl halides is 6. The number of hydrogen-bond donors (Lipinski definition) is 1. The summed E-state index contributed by atoms with van der Waals surface area (Å²) >= 11 is 0. The Labute approximate surface area is 184 Å². The van der Waals surface area contributed by atoms with Gasteiger partial charge in [-0.1, -0.05) is 0 Å². The molecule has 0 amide bonds. The number of pyridine rings is 1. The van der Waals surface area contributed by atoms with Gasteiger partial charge in [0.2, 0.25) is 0 Å². The molecule has 5 fully saturated rings. The maximum atomic E-state index is 13.4. The van der Waals surface area contributed by atoms with Gasteiger partial charge in [-0.05, 0) is 18.9 Å². The minimum atomic E-state index is -4.73. The fourth-order valence-electron chi connectivity index (χ4n) is 6.21. The van der Waals surface area contributed by atoms with Gasteiger partial charge in [-0.2, -0.15) is 26.3 Å². The number of rotatable bonds is 4. The summed E-state index contributed by atoms with van der Waals surface area (Å²) in [6.07, 6.45) is -6.09. The fourth-order valence-corrected chi connectivity index (χ4v) is 6.21. The number of hydrogen-bond acceptors (Lipinski definition) is 5. The molecule has 5 heterocycles. The van der Waals surface area contributed by atoms with Crippen LogP contribution >= 0.6 is 0 Å². The molecular formula is C21H21F6N5O. The van der Waals surface area contributed by atoms with Crippen molar-refractivity contribution in [2.75, 3.05) is 25.5 Å².